The van der Waals surface area contributed by atoms with Gasteiger partial charge in [0, 0.05) is 19.6 Å². The number of nitrogens with zero attached hydrogens (tertiary/aromatic N) is 4. The molecule has 1 aromatic heterocycles. The Labute approximate surface area is 157 Å². The third-order valence-corrected chi connectivity index (χ3v) is 5.86. The Bertz CT molecular complexity index is 820. The number of likely N-dealkylation sites (tertiary alicyclic amines) is 1. The Balaban J connectivity index is 1.31. The molecule has 2 N–H and O–H groups in total. The molecule has 2 aromatic rings. The van der Waals surface area contributed by atoms with Crippen LogP contribution in [0.15, 0.2) is 36.9 Å². The molecule has 2 aliphatic rings. The number of hydrogen-bond acceptors (Lipinski definition) is 4. The van der Waals surface area contributed by atoms with Crippen LogP contribution in [0.4, 0.5) is 4.79 Å². The van der Waals surface area contributed by atoms with Crippen LogP contribution in [-0.4, -0.2) is 49.9 Å². The molecule has 2 heterocycles. The predicted molar refractivity (Wildman–Crippen MR) is 96.8 cm³/mol. The molecule has 1 aliphatic carbocycles. The van der Waals surface area contributed by atoms with Gasteiger partial charge in [0.2, 0.25) is 0 Å². The second-order valence-corrected chi connectivity index (χ2v) is 7.50. The summed E-state index contributed by atoms with van der Waals surface area (Å²) < 4.78 is 1.75. The van der Waals surface area contributed by atoms with E-state index in [1.807, 2.05) is 24.3 Å². The zero-order chi connectivity index (χ0) is 18.9. The van der Waals surface area contributed by atoms with Crippen LogP contribution in [-0.2, 0) is 17.9 Å². The van der Waals surface area contributed by atoms with Crippen molar-refractivity contribution in [1.82, 2.24) is 25.0 Å². The molecule has 0 radical (unpaired) electrons. The second-order valence-electron chi connectivity index (χ2n) is 7.50. The molecule has 142 valence electrons. The van der Waals surface area contributed by atoms with E-state index >= 15 is 0 Å². The van der Waals surface area contributed by atoms with Gasteiger partial charge in [0.25, 0.3) is 0 Å². The third kappa shape index (κ3) is 3.39. The summed E-state index contributed by atoms with van der Waals surface area (Å²) >= 11 is 0. The molecule has 4 rings (SSSR count). The van der Waals surface area contributed by atoms with Gasteiger partial charge in [-0.15, -0.1) is 0 Å². The summed E-state index contributed by atoms with van der Waals surface area (Å²) in [6, 6.07) is 7.77. The number of rotatable bonds is 5. The smallest absolute Gasteiger partial charge is 0.317 e. The van der Waals surface area contributed by atoms with Gasteiger partial charge < -0.3 is 15.3 Å². The highest BCUT2D eigenvalue weighted by Gasteiger charge is 2.55. The predicted octanol–water partition coefficient (Wildman–Crippen LogP) is 1.72. The Hall–Kier alpha value is -2.90. The molecule has 8 heteroatoms. The summed E-state index contributed by atoms with van der Waals surface area (Å²) in [5.74, 6) is -0.680. The number of hydrogen-bond donors (Lipinski definition) is 2. The first-order chi connectivity index (χ1) is 13.1. The van der Waals surface area contributed by atoms with Crippen molar-refractivity contribution in [2.45, 2.75) is 32.4 Å². The van der Waals surface area contributed by atoms with Gasteiger partial charge in [0.15, 0.2) is 0 Å². The number of amides is 2. The standard InChI is InChI=1S/C19H23N5O3/c25-17(26)19-7-1-2-16(19)10-23(11-19)18(27)21-8-14-3-5-15(6-4-14)9-24-13-20-12-22-24/h3-6,12-13,16H,1-2,7-11H2,(H,21,27)(H,25,26)/t16-,19+/m0/s1. The number of carbonyl (C=O) groups excluding carboxylic acids is 1. The molecule has 2 atom stereocenters. The van der Waals surface area contributed by atoms with Crippen molar-refractivity contribution in [3.8, 4) is 0 Å². The monoisotopic (exact) mass is 369 g/mol. The highest BCUT2D eigenvalue weighted by Crippen LogP contribution is 2.48. The lowest BCUT2D eigenvalue weighted by Gasteiger charge is -2.23. The first-order valence-electron chi connectivity index (χ1n) is 9.23. The van der Waals surface area contributed by atoms with Crippen molar-refractivity contribution in [3.05, 3.63) is 48.0 Å². The van der Waals surface area contributed by atoms with Crippen molar-refractivity contribution in [2.75, 3.05) is 13.1 Å². The summed E-state index contributed by atoms with van der Waals surface area (Å²) in [7, 11) is 0. The lowest BCUT2D eigenvalue weighted by atomic mass is 9.81. The summed E-state index contributed by atoms with van der Waals surface area (Å²) in [5, 5.41) is 16.6. The molecule has 8 nitrogen and oxygen atoms in total. The van der Waals surface area contributed by atoms with E-state index in [0.29, 0.717) is 32.6 Å². The van der Waals surface area contributed by atoms with Gasteiger partial charge >= 0.3 is 12.0 Å². The fourth-order valence-corrected chi connectivity index (χ4v) is 4.35. The van der Waals surface area contributed by atoms with Crippen LogP contribution >= 0.6 is 0 Å². The molecule has 2 fully saturated rings. The number of urea groups is 1. The fraction of sp³-hybridized carbons (Fsp3) is 0.474. The summed E-state index contributed by atoms with van der Waals surface area (Å²) in [6.45, 7) is 1.92. The van der Waals surface area contributed by atoms with E-state index in [2.05, 4.69) is 15.4 Å². The zero-order valence-corrected chi connectivity index (χ0v) is 15.0. The average molecular weight is 369 g/mol. The first-order valence-corrected chi connectivity index (χ1v) is 9.23. The van der Waals surface area contributed by atoms with Crippen LogP contribution in [0.25, 0.3) is 0 Å². The topological polar surface area (TPSA) is 100 Å². The molecular formula is C19H23N5O3. The van der Waals surface area contributed by atoms with Crippen molar-refractivity contribution in [2.24, 2.45) is 11.3 Å². The van der Waals surface area contributed by atoms with Gasteiger partial charge in [0.1, 0.15) is 12.7 Å². The molecule has 1 aromatic carbocycles. The lowest BCUT2D eigenvalue weighted by Crippen LogP contribution is -2.41. The summed E-state index contributed by atoms with van der Waals surface area (Å²) in [4.78, 5) is 29.8. The van der Waals surface area contributed by atoms with Crippen LogP contribution in [0.5, 0.6) is 0 Å². The molecule has 0 bridgehead atoms. The fourth-order valence-electron chi connectivity index (χ4n) is 4.35. The van der Waals surface area contributed by atoms with Gasteiger partial charge in [0.05, 0.1) is 12.0 Å². The summed E-state index contributed by atoms with van der Waals surface area (Å²) in [6.07, 6.45) is 5.68. The van der Waals surface area contributed by atoms with Crippen molar-refractivity contribution >= 4 is 12.0 Å². The quantitative estimate of drug-likeness (QED) is 0.836. The van der Waals surface area contributed by atoms with Crippen LogP contribution in [0.1, 0.15) is 30.4 Å². The number of aromatic nitrogens is 3. The van der Waals surface area contributed by atoms with Gasteiger partial charge in [-0.25, -0.2) is 14.5 Å². The molecule has 1 aliphatic heterocycles. The highest BCUT2D eigenvalue weighted by atomic mass is 16.4. The normalized spacial score (nSPS) is 24.0. The van der Waals surface area contributed by atoms with Gasteiger partial charge in [-0.05, 0) is 29.9 Å². The maximum absolute atomic E-state index is 12.5. The third-order valence-electron chi connectivity index (χ3n) is 5.86. The Kier molecular flexibility index (Phi) is 4.55. The average Bonchev–Trinajstić information content (AvgIpc) is 3.36. The minimum Gasteiger partial charge on any atom is -0.481 e. The number of carboxylic acids is 1. The van der Waals surface area contributed by atoms with Crippen molar-refractivity contribution in [1.29, 1.82) is 0 Å². The van der Waals surface area contributed by atoms with Gasteiger partial charge in [-0.1, -0.05) is 30.7 Å². The number of fused-ring (bicyclic) bond motifs is 1. The van der Waals surface area contributed by atoms with Gasteiger partial charge in [-0.3, -0.25) is 4.79 Å². The second kappa shape index (κ2) is 7.02. The molecule has 0 spiro atoms. The van der Waals surface area contributed by atoms with E-state index in [4.69, 9.17) is 0 Å². The molecular weight excluding hydrogens is 346 g/mol. The van der Waals surface area contributed by atoms with Crippen LogP contribution < -0.4 is 5.32 Å². The number of aliphatic carboxylic acids is 1. The first kappa shape index (κ1) is 17.5. The van der Waals surface area contributed by atoms with E-state index in [1.54, 1.807) is 15.9 Å². The lowest BCUT2D eigenvalue weighted by molar-refractivity contribution is -0.149. The van der Waals surface area contributed by atoms with Crippen molar-refractivity contribution in [3.63, 3.8) is 0 Å². The Morgan fingerprint density at radius 1 is 1.26 bits per heavy atom. The van der Waals surface area contributed by atoms with Gasteiger partial charge in [-0.2, -0.15) is 5.10 Å². The van der Waals surface area contributed by atoms with E-state index < -0.39 is 11.4 Å². The van der Waals surface area contributed by atoms with Crippen LogP contribution in [0, 0.1) is 11.3 Å². The molecule has 0 unspecified atom stereocenters. The highest BCUT2D eigenvalue weighted by molar-refractivity contribution is 5.80. The van der Waals surface area contributed by atoms with E-state index in [0.717, 1.165) is 24.0 Å². The zero-order valence-electron chi connectivity index (χ0n) is 15.0. The Morgan fingerprint density at radius 2 is 2.04 bits per heavy atom. The molecule has 1 saturated heterocycles. The summed E-state index contributed by atoms with van der Waals surface area (Å²) in [5.41, 5.74) is 1.37. The minimum absolute atomic E-state index is 0.0804. The molecule has 2 amide bonds. The number of nitrogens with one attached hydrogen (secondary N) is 1. The number of carbonyl (C=O) groups is 2. The number of carboxylic acid groups (broad SMARTS) is 1. The molecule has 1 saturated carbocycles. The van der Waals surface area contributed by atoms with Crippen LogP contribution in [0.3, 0.4) is 0 Å². The maximum Gasteiger partial charge on any atom is 0.317 e. The van der Waals surface area contributed by atoms with E-state index in [9.17, 15) is 14.7 Å². The molecule has 27 heavy (non-hydrogen) atoms. The minimum atomic E-state index is -0.761. The largest absolute Gasteiger partial charge is 0.481 e. The van der Waals surface area contributed by atoms with E-state index in [1.165, 1.54) is 6.33 Å². The van der Waals surface area contributed by atoms with Crippen molar-refractivity contribution < 1.29 is 14.7 Å². The Morgan fingerprint density at radius 3 is 2.70 bits per heavy atom. The van der Waals surface area contributed by atoms with E-state index in [-0.39, 0.29) is 11.9 Å². The SMILES string of the molecule is O=C(NCc1ccc(Cn2cncn2)cc1)N1C[C@@H]2CCC[C@@]2(C(=O)O)C1. The van der Waals surface area contributed by atoms with Crippen LogP contribution in [0.2, 0.25) is 0 Å². The number of benzene rings is 1. The maximum atomic E-state index is 12.5.